The fraction of sp³-hybridized carbons (Fsp3) is 0.179. The molecular formula is C28H30N4O3S. The van der Waals surface area contributed by atoms with Crippen LogP contribution in [0.4, 0.5) is 11.4 Å². The lowest BCUT2D eigenvalue weighted by atomic mass is 9.92. The van der Waals surface area contributed by atoms with Crippen LogP contribution in [0.25, 0.3) is 11.6 Å². The molecule has 0 saturated heterocycles. The van der Waals surface area contributed by atoms with Gasteiger partial charge < -0.3 is 16.0 Å². The van der Waals surface area contributed by atoms with Crippen molar-refractivity contribution in [3.63, 3.8) is 0 Å². The Kier molecular flexibility index (Phi) is 7.28. The molecule has 3 N–H and O–H groups in total. The van der Waals surface area contributed by atoms with E-state index in [0.717, 1.165) is 11.1 Å². The van der Waals surface area contributed by atoms with Gasteiger partial charge in [-0.3, -0.25) is 8.77 Å². The number of nitrogens with zero attached hydrogens (tertiary/aromatic N) is 2. The van der Waals surface area contributed by atoms with E-state index in [1.165, 1.54) is 22.4 Å². The van der Waals surface area contributed by atoms with E-state index in [9.17, 15) is 13.2 Å². The lowest BCUT2D eigenvalue weighted by molar-refractivity contribution is -0.111. The highest BCUT2D eigenvalue weighted by Gasteiger charge is 2.43. The van der Waals surface area contributed by atoms with Crippen LogP contribution in [0.1, 0.15) is 17.5 Å². The summed E-state index contributed by atoms with van der Waals surface area (Å²) in [6.45, 7) is 0.328. The minimum Gasteiger partial charge on any atom is -0.397 e. The van der Waals surface area contributed by atoms with E-state index in [1.807, 2.05) is 61.5 Å². The number of benzene rings is 2. The molecule has 1 aromatic heterocycles. The molecule has 4 rings (SSSR count). The zero-order valence-corrected chi connectivity index (χ0v) is 21.2. The van der Waals surface area contributed by atoms with Crippen molar-refractivity contribution in [2.75, 3.05) is 31.7 Å². The average molecular weight is 503 g/mol. The topological polar surface area (TPSA) is 97.4 Å². The molecule has 0 bridgehead atoms. The molecule has 0 fully saturated rings. The van der Waals surface area contributed by atoms with Gasteiger partial charge in [0.1, 0.15) is 4.75 Å². The predicted molar refractivity (Wildman–Crippen MR) is 147 cm³/mol. The van der Waals surface area contributed by atoms with Gasteiger partial charge in [-0.25, -0.2) is 8.42 Å². The number of nitrogens with two attached hydrogens (primary N) is 1. The van der Waals surface area contributed by atoms with Gasteiger partial charge in [-0.2, -0.15) is 0 Å². The first kappa shape index (κ1) is 25.2. The van der Waals surface area contributed by atoms with Crippen molar-refractivity contribution < 1.29 is 13.2 Å². The molecule has 0 radical (unpaired) electrons. The van der Waals surface area contributed by atoms with Crippen molar-refractivity contribution >= 4 is 39.0 Å². The first-order valence-corrected chi connectivity index (χ1v) is 13.0. The molecule has 1 atom stereocenters. The van der Waals surface area contributed by atoms with Crippen LogP contribution in [0, 0.1) is 0 Å². The number of para-hydroxylation sites is 2. The first-order chi connectivity index (χ1) is 17.2. The highest BCUT2D eigenvalue weighted by Crippen LogP contribution is 2.34. The lowest BCUT2D eigenvalue weighted by Crippen LogP contribution is -2.48. The Bertz CT molecular complexity index is 1440. The van der Waals surface area contributed by atoms with Gasteiger partial charge in [0.25, 0.3) is 0 Å². The number of carbonyl (C=O) groups is 1. The Balaban J connectivity index is 1.55. The van der Waals surface area contributed by atoms with E-state index in [4.69, 9.17) is 5.73 Å². The standard InChI is InChI=1S/C28H30N4O3S/c1-31(2)21-28(17-14-24(15-18-28)23-8-4-3-5-9-23)36(34,35)32-19-16-22(20-32)12-13-27(33)30-26-11-7-6-10-25(26)29/h3-17,19-20H,18,21,29H2,1-2H3,(H,30,33). The molecule has 1 aliphatic rings. The average Bonchev–Trinajstić information content (AvgIpc) is 3.35. The van der Waals surface area contributed by atoms with E-state index in [-0.39, 0.29) is 5.91 Å². The van der Waals surface area contributed by atoms with Crippen LogP contribution >= 0.6 is 0 Å². The third kappa shape index (κ3) is 5.35. The second-order valence-electron chi connectivity index (χ2n) is 9.06. The molecule has 1 aliphatic carbocycles. The smallest absolute Gasteiger partial charge is 0.249 e. The maximum atomic E-state index is 13.9. The Hall–Kier alpha value is -3.88. The Labute approximate surface area is 212 Å². The summed E-state index contributed by atoms with van der Waals surface area (Å²) in [5.41, 5.74) is 9.49. The molecule has 8 heteroatoms. The first-order valence-electron chi connectivity index (χ1n) is 11.6. The number of anilines is 2. The van der Waals surface area contributed by atoms with Gasteiger partial charge in [-0.1, -0.05) is 60.7 Å². The minimum atomic E-state index is -3.80. The third-order valence-corrected chi connectivity index (χ3v) is 8.29. The van der Waals surface area contributed by atoms with Gasteiger partial charge in [-0.05, 0) is 61.5 Å². The van der Waals surface area contributed by atoms with Crippen molar-refractivity contribution in [1.29, 1.82) is 0 Å². The number of nitrogens with one attached hydrogen (secondary N) is 1. The van der Waals surface area contributed by atoms with Gasteiger partial charge in [0.15, 0.2) is 0 Å². The second-order valence-corrected chi connectivity index (χ2v) is 11.2. The maximum absolute atomic E-state index is 13.9. The summed E-state index contributed by atoms with van der Waals surface area (Å²) in [7, 11) is -0.0745. The molecule has 1 unspecified atom stereocenters. The molecule has 0 saturated carbocycles. The summed E-state index contributed by atoms with van der Waals surface area (Å²) in [4.78, 5) is 14.2. The largest absolute Gasteiger partial charge is 0.397 e. The number of hydrogen-bond donors (Lipinski definition) is 2. The van der Waals surface area contributed by atoms with Crippen LogP contribution in [0.3, 0.4) is 0 Å². The number of allylic oxidation sites excluding steroid dienone is 3. The normalized spacial score (nSPS) is 17.9. The number of nitrogen functional groups attached to an aromatic ring is 1. The van der Waals surface area contributed by atoms with E-state index >= 15 is 0 Å². The molecule has 0 spiro atoms. The zero-order valence-electron chi connectivity index (χ0n) is 20.3. The zero-order chi connectivity index (χ0) is 25.8. The fourth-order valence-corrected chi connectivity index (χ4v) is 6.09. The van der Waals surface area contributed by atoms with Crippen molar-refractivity contribution in [2.24, 2.45) is 0 Å². The highest BCUT2D eigenvalue weighted by atomic mass is 32.2. The summed E-state index contributed by atoms with van der Waals surface area (Å²) in [5.74, 6) is -0.360. The number of carbonyl (C=O) groups excluding carboxylic acids is 1. The Morgan fingerprint density at radius 1 is 1.11 bits per heavy atom. The molecule has 36 heavy (non-hydrogen) atoms. The monoisotopic (exact) mass is 502 g/mol. The minimum absolute atomic E-state index is 0.328. The van der Waals surface area contributed by atoms with Crippen LogP contribution in [-0.4, -0.2) is 48.6 Å². The highest BCUT2D eigenvalue weighted by molar-refractivity contribution is 7.91. The second kappa shape index (κ2) is 10.4. The number of aromatic nitrogens is 1. The summed E-state index contributed by atoms with van der Waals surface area (Å²) in [5, 5.41) is 2.72. The molecule has 0 aliphatic heterocycles. The number of amides is 1. The molecule has 1 amide bonds. The van der Waals surface area contributed by atoms with E-state index in [0.29, 0.717) is 29.9 Å². The molecule has 2 aromatic carbocycles. The van der Waals surface area contributed by atoms with Crippen LogP contribution in [-0.2, 0) is 14.8 Å². The van der Waals surface area contributed by atoms with E-state index in [2.05, 4.69) is 5.32 Å². The van der Waals surface area contributed by atoms with Crippen molar-refractivity contribution in [3.8, 4) is 0 Å². The van der Waals surface area contributed by atoms with Gasteiger partial charge in [0.2, 0.25) is 15.9 Å². The third-order valence-electron chi connectivity index (χ3n) is 6.05. The summed E-state index contributed by atoms with van der Waals surface area (Å²) < 4.78 is 27.8. The quantitative estimate of drug-likeness (QED) is 0.355. The SMILES string of the molecule is CN(C)CC1(S(=O)(=O)n2ccc(C=CC(=O)Nc3ccccc3N)c2)C=CC(c2ccccc2)=CC1. The van der Waals surface area contributed by atoms with Gasteiger partial charge in [-0.15, -0.1) is 0 Å². The van der Waals surface area contributed by atoms with Gasteiger partial charge in [0.05, 0.1) is 11.4 Å². The fourth-order valence-electron chi connectivity index (χ4n) is 4.24. The summed E-state index contributed by atoms with van der Waals surface area (Å²) in [6, 6.07) is 18.5. The van der Waals surface area contributed by atoms with Crippen molar-refractivity contribution in [2.45, 2.75) is 11.2 Å². The summed E-state index contributed by atoms with van der Waals surface area (Å²) in [6.07, 6.45) is 12.0. The molecular weight excluding hydrogens is 472 g/mol. The predicted octanol–water partition coefficient (Wildman–Crippen LogP) is 4.24. The number of rotatable bonds is 8. The van der Waals surface area contributed by atoms with Crippen LogP contribution in [0.15, 0.2) is 97.4 Å². The Morgan fingerprint density at radius 3 is 2.50 bits per heavy atom. The lowest BCUT2D eigenvalue weighted by Gasteiger charge is -2.34. The van der Waals surface area contributed by atoms with E-state index < -0.39 is 14.8 Å². The van der Waals surface area contributed by atoms with Crippen molar-refractivity contribution in [3.05, 3.63) is 108 Å². The number of hydrogen-bond acceptors (Lipinski definition) is 5. The maximum Gasteiger partial charge on any atom is 0.249 e. The van der Waals surface area contributed by atoms with Crippen LogP contribution < -0.4 is 11.1 Å². The van der Waals surface area contributed by atoms with E-state index in [1.54, 1.807) is 42.5 Å². The van der Waals surface area contributed by atoms with Crippen LogP contribution in [0.2, 0.25) is 0 Å². The summed E-state index contributed by atoms with van der Waals surface area (Å²) >= 11 is 0. The Morgan fingerprint density at radius 2 is 1.83 bits per heavy atom. The van der Waals surface area contributed by atoms with Gasteiger partial charge in [0, 0.05) is 25.0 Å². The molecule has 7 nitrogen and oxygen atoms in total. The molecule has 3 aromatic rings. The molecule has 186 valence electrons. The molecule has 1 heterocycles. The van der Waals surface area contributed by atoms with Gasteiger partial charge >= 0.3 is 0 Å². The van der Waals surface area contributed by atoms with Crippen LogP contribution in [0.5, 0.6) is 0 Å². The van der Waals surface area contributed by atoms with Crippen molar-refractivity contribution in [1.82, 2.24) is 8.87 Å².